The third-order valence-electron chi connectivity index (χ3n) is 2.85. The first-order valence-electron chi connectivity index (χ1n) is 6.40. The number of rotatable bonds is 4. The second kappa shape index (κ2) is 6.28. The van der Waals surface area contributed by atoms with E-state index >= 15 is 0 Å². The number of nitrogens with zero attached hydrogens (tertiary/aromatic N) is 2. The smallest absolute Gasteiger partial charge is 0.291 e. The lowest BCUT2D eigenvalue weighted by Crippen LogP contribution is -2.17. The van der Waals surface area contributed by atoms with Gasteiger partial charge in [0.1, 0.15) is 5.69 Å². The van der Waals surface area contributed by atoms with Crippen LogP contribution in [0.3, 0.4) is 0 Å². The van der Waals surface area contributed by atoms with E-state index in [2.05, 4.69) is 20.7 Å². The van der Waals surface area contributed by atoms with Gasteiger partial charge < -0.3 is 4.42 Å². The maximum absolute atomic E-state index is 11.9. The van der Waals surface area contributed by atoms with Crippen LogP contribution in [0.2, 0.25) is 5.02 Å². The van der Waals surface area contributed by atoms with Gasteiger partial charge in [-0.1, -0.05) is 23.7 Å². The third kappa shape index (κ3) is 3.24. The van der Waals surface area contributed by atoms with E-state index in [1.54, 1.807) is 48.7 Å². The van der Waals surface area contributed by atoms with Crippen molar-refractivity contribution in [1.29, 1.82) is 0 Å². The SMILES string of the molecule is O=C(N/N=C/c1ccc(Cl)cc1)c1cc(-c2ccco2)[nH]n1. The van der Waals surface area contributed by atoms with Crippen LogP contribution in [-0.2, 0) is 0 Å². The summed E-state index contributed by atoms with van der Waals surface area (Å²) in [6.07, 6.45) is 3.07. The third-order valence-corrected chi connectivity index (χ3v) is 3.10. The average Bonchev–Trinajstić information content (AvgIpc) is 3.20. The first kappa shape index (κ1) is 14.1. The highest BCUT2D eigenvalue weighted by atomic mass is 35.5. The summed E-state index contributed by atoms with van der Waals surface area (Å²) in [4.78, 5) is 11.9. The second-order valence-corrected chi connectivity index (χ2v) is 4.83. The Labute approximate surface area is 130 Å². The minimum atomic E-state index is -0.417. The number of carbonyl (C=O) groups is 1. The highest BCUT2D eigenvalue weighted by molar-refractivity contribution is 6.30. The van der Waals surface area contributed by atoms with E-state index in [1.807, 2.05) is 0 Å². The predicted molar refractivity (Wildman–Crippen MR) is 82.8 cm³/mol. The van der Waals surface area contributed by atoms with E-state index in [-0.39, 0.29) is 5.69 Å². The zero-order chi connectivity index (χ0) is 15.4. The minimum absolute atomic E-state index is 0.222. The summed E-state index contributed by atoms with van der Waals surface area (Å²) >= 11 is 5.79. The molecule has 2 aromatic heterocycles. The molecule has 6 nitrogen and oxygen atoms in total. The van der Waals surface area contributed by atoms with E-state index in [0.717, 1.165) is 5.56 Å². The number of benzene rings is 1. The van der Waals surface area contributed by atoms with Gasteiger partial charge in [0, 0.05) is 11.1 Å². The maximum atomic E-state index is 11.9. The molecule has 0 bridgehead atoms. The fourth-order valence-corrected chi connectivity index (χ4v) is 1.89. The van der Waals surface area contributed by atoms with E-state index in [4.69, 9.17) is 16.0 Å². The molecule has 2 heterocycles. The minimum Gasteiger partial charge on any atom is -0.463 e. The van der Waals surface area contributed by atoms with Gasteiger partial charge in [0.2, 0.25) is 0 Å². The second-order valence-electron chi connectivity index (χ2n) is 4.39. The molecule has 3 rings (SSSR count). The van der Waals surface area contributed by atoms with Crippen molar-refractivity contribution in [3.05, 3.63) is 65.0 Å². The molecule has 0 unspecified atom stereocenters. The molecule has 0 radical (unpaired) electrons. The summed E-state index contributed by atoms with van der Waals surface area (Å²) in [6, 6.07) is 12.2. The number of hydrogen-bond donors (Lipinski definition) is 2. The Hall–Kier alpha value is -2.86. The zero-order valence-corrected chi connectivity index (χ0v) is 12.0. The number of furan rings is 1. The molecule has 22 heavy (non-hydrogen) atoms. The van der Waals surface area contributed by atoms with Gasteiger partial charge in [0.25, 0.3) is 5.91 Å². The lowest BCUT2D eigenvalue weighted by atomic mass is 10.2. The molecule has 1 aromatic carbocycles. The summed E-state index contributed by atoms with van der Waals surface area (Å²) in [7, 11) is 0. The van der Waals surface area contributed by atoms with Gasteiger partial charge >= 0.3 is 0 Å². The molecular weight excluding hydrogens is 304 g/mol. The van der Waals surface area contributed by atoms with Crippen LogP contribution in [0, 0.1) is 0 Å². The number of amides is 1. The van der Waals surface area contributed by atoms with Crippen LogP contribution in [0.1, 0.15) is 16.1 Å². The molecule has 0 aliphatic heterocycles. The first-order valence-corrected chi connectivity index (χ1v) is 6.78. The van der Waals surface area contributed by atoms with E-state index in [9.17, 15) is 4.79 Å². The topological polar surface area (TPSA) is 83.3 Å². The molecule has 3 aromatic rings. The van der Waals surface area contributed by atoms with Gasteiger partial charge in [0.05, 0.1) is 12.5 Å². The van der Waals surface area contributed by atoms with E-state index in [0.29, 0.717) is 16.5 Å². The molecule has 110 valence electrons. The van der Waals surface area contributed by atoms with Crippen molar-refractivity contribution in [2.45, 2.75) is 0 Å². The van der Waals surface area contributed by atoms with Gasteiger partial charge in [-0.15, -0.1) is 0 Å². The van der Waals surface area contributed by atoms with Crippen LogP contribution >= 0.6 is 11.6 Å². The van der Waals surface area contributed by atoms with E-state index in [1.165, 1.54) is 6.21 Å². The number of nitrogens with one attached hydrogen (secondary N) is 2. The van der Waals surface area contributed by atoms with Gasteiger partial charge in [0.15, 0.2) is 11.5 Å². The van der Waals surface area contributed by atoms with Crippen LogP contribution in [0.4, 0.5) is 0 Å². The monoisotopic (exact) mass is 314 g/mol. The molecule has 1 amide bonds. The molecule has 0 aliphatic carbocycles. The summed E-state index contributed by atoms with van der Waals surface area (Å²) in [5.41, 5.74) is 4.07. The Bertz CT molecular complexity index is 791. The molecule has 0 atom stereocenters. The highest BCUT2D eigenvalue weighted by Gasteiger charge is 2.11. The van der Waals surface area contributed by atoms with Gasteiger partial charge in [-0.25, -0.2) is 5.43 Å². The fraction of sp³-hybridized carbons (Fsp3) is 0. The van der Waals surface area contributed by atoms with Gasteiger partial charge in [-0.05, 0) is 29.8 Å². The zero-order valence-electron chi connectivity index (χ0n) is 11.3. The lowest BCUT2D eigenvalue weighted by Gasteiger charge is -1.95. The molecule has 0 spiro atoms. The van der Waals surface area contributed by atoms with Crippen LogP contribution in [0.15, 0.2) is 58.2 Å². The molecule has 0 saturated heterocycles. The van der Waals surface area contributed by atoms with Crippen molar-refractivity contribution in [2.24, 2.45) is 5.10 Å². The average molecular weight is 315 g/mol. The molecule has 0 fully saturated rings. The van der Waals surface area contributed by atoms with Crippen LogP contribution in [0.25, 0.3) is 11.5 Å². The summed E-state index contributed by atoms with van der Waals surface area (Å²) in [5, 5.41) is 11.2. The summed E-state index contributed by atoms with van der Waals surface area (Å²) < 4.78 is 5.22. The predicted octanol–water partition coefficient (Wildman–Crippen LogP) is 3.09. The van der Waals surface area contributed by atoms with Crippen LogP contribution in [-0.4, -0.2) is 22.3 Å². The number of aromatic amines is 1. The maximum Gasteiger partial charge on any atom is 0.291 e. The summed E-state index contributed by atoms with van der Waals surface area (Å²) in [6.45, 7) is 0. The highest BCUT2D eigenvalue weighted by Crippen LogP contribution is 2.17. The molecule has 0 aliphatic rings. The Balaban J connectivity index is 1.63. The Morgan fingerprint density at radius 2 is 2.14 bits per heavy atom. The van der Waals surface area contributed by atoms with Gasteiger partial charge in [-0.3, -0.25) is 9.89 Å². The molecule has 2 N–H and O–H groups in total. The van der Waals surface area contributed by atoms with Crippen LogP contribution in [0.5, 0.6) is 0 Å². The molecule has 7 heteroatoms. The standard InChI is InChI=1S/C15H11ClN4O2/c16-11-5-3-10(4-6-11)9-17-20-15(21)13-8-12(18-19-13)14-2-1-7-22-14/h1-9H,(H,18,19)(H,20,21)/b17-9+. The normalized spacial score (nSPS) is 11.0. The first-order chi connectivity index (χ1) is 10.7. The largest absolute Gasteiger partial charge is 0.463 e. The van der Waals surface area contributed by atoms with E-state index < -0.39 is 5.91 Å². The van der Waals surface area contributed by atoms with Crippen molar-refractivity contribution < 1.29 is 9.21 Å². The Morgan fingerprint density at radius 1 is 1.32 bits per heavy atom. The number of carbonyl (C=O) groups excluding carboxylic acids is 1. The van der Waals surface area contributed by atoms with Crippen LogP contribution < -0.4 is 5.43 Å². The lowest BCUT2D eigenvalue weighted by molar-refractivity contribution is 0.0950. The Kier molecular flexibility index (Phi) is 4.02. The number of hydrogen-bond acceptors (Lipinski definition) is 4. The number of halogens is 1. The van der Waals surface area contributed by atoms with Crippen molar-refractivity contribution in [3.63, 3.8) is 0 Å². The quantitative estimate of drug-likeness (QED) is 0.573. The number of aromatic nitrogens is 2. The van der Waals surface area contributed by atoms with Gasteiger partial charge in [-0.2, -0.15) is 10.2 Å². The Morgan fingerprint density at radius 3 is 2.86 bits per heavy atom. The van der Waals surface area contributed by atoms with Crippen molar-refractivity contribution in [2.75, 3.05) is 0 Å². The number of hydrazone groups is 1. The summed E-state index contributed by atoms with van der Waals surface area (Å²) in [5.74, 6) is 0.190. The molecular formula is C15H11ClN4O2. The van der Waals surface area contributed by atoms with Crippen molar-refractivity contribution >= 4 is 23.7 Å². The molecule has 0 saturated carbocycles. The van der Waals surface area contributed by atoms with Crippen molar-refractivity contribution in [1.82, 2.24) is 15.6 Å². The van der Waals surface area contributed by atoms with Crippen molar-refractivity contribution in [3.8, 4) is 11.5 Å². The fourth-order valence-electron chi connectivity index (χ4n) is 1.77. The number of H-pyrrole nitrogens is 1.